The molecule has 1 aliphatic rings. The molecule has 1 amide bonds. The van der Waals surface area contributed by atoms with Crippen LogP contribution in [0.15, 0.2) is 35.7 Å². The van der Waals surface area contributed by atoms with E-state index in [0.29, 0.717) is 12.6 Å². The Balaban J connectivity index is 1.96. The van der Waals surface area contributed by atoms with Gasteiger partial charge in [0.1, 0.15) is 0 Å². The highest BCUT2D eigenvalue weighted by Crippen LogP contribution is 2.38. The quantitative estimate of drug-likeness (QED) is 0.919. The number of hydrogen-bond acceptors (Lipinski definition) is 2. The van der Waals surface area contributed by atoms with Crippen molar-refractivity contribution in [2.75, 3.05) is 13.1 Å². The largest absolute Gasteiger partial charge is 0.336 e. The average molecular weight is 329 g/mol. The van der Waals surface area contributed by atoms with Crippen LogP contribution in [0.1, 0.15) is 41.5 Å². The van der Waals surface area contributed by atoms with Crippen LogP contribution in [-0.2, 0) is 11.2 Å². The predicted molar refractivity (Wildman–Crippen MR) is 94.7 cm³/mol. The van der Waals surface area contributed by atoms with E-state index in [0.717, 1.165) is 13.0 Å². The lowest BCUT2D eigenvalue weighted by atomic mass is 9.90. The summed E-state index contributed by atoms with van der Waals surface area (Å²) in [6.45, 7) is 7.73. The summed E-state index contributed by atoms with van der Waals surface area (Å²) in [7, 11) is 0. The van der Waals surface area contributed by atoms with Gasteiger partial charge in [-0.15, -0.1) is 11.3 Å². The minimum absolute atomic E-state index is 0.0688. The Hall–Kier alpha value is -1.65. The van der Waals surface area contributed by atoms with Gasteiger partial charge in [0.05, 0.1) is 12.1 Å². The fraction of sp³-hybridized carbons (Fsp3) is 0.421. The first-order valence-corrected chi connectivity index (χ1v) is 9.20. The molecule has 1 atom stereocenters. The first-order chi connectivity index (χ1) is 11.1. The van der Waals surface area contributed by atoms with Gasteiger partial charge in [0.2, 0.25) is 0 Å². The van der Waals surface area contributed by atoms with Gasteiger partial charge in [0.15, 0.2) is 6.54 Å². The van der Waals surface area contributed by atoms with Crippen LogP contribution in [0, 0.1) is 6.92 Å². The van der Waals surface area contributed by atoms with Crippen molar-refractivity contribution in [3.63, 3.8) is 0 Å². The molecule has 2 aromatic rings. The standard InChI is InChI=1S/C19H24N2OS/c1-13(2)20-12-18(22)21-10-8-17-16(9-11-23-17)19(21)15-7-5-4-6-14(15)3/h4-7,9,11,13,19-20H,8,10,12H2,1-3H3/p+1/t19-/m0/s1. The van der Waals surface area contributed by atoms with Crippen molar-refractivity contribution < 1.29 is 10.1 Å². The first-order valence-electron chi connectivity index (χ1n) is 8.32. The van der Waals surface area contributed by atoms with E-state index < -0.39 is 0 Å². The van der Waals surface area contributed by atoms with Crippen molar-refractivity contribution in [3.8, 4) is 0 Å². The van der Waals surface area contributed by atoms with Crippen LogP contribution < -0.4 is 5.32 Å². The monoisotopic (exact) mass is 329 g/mol. The lowest BCUT2D eigenvalue weighted by Gasteiger charge is -2.36. The van der Waals surface area contributed by atoms with Crippen molar-refractivity contribution in [1.82, 2.24) is 4.90 Å². The maximum Gasteiger partial charge on any atom is 0.278 e. The summed E-state index contributed by atoms with van der Waals surface area (Å²) in [5, 5.41) is 4.27. The number of nitrogens with zero attached hydrogens (tertiary/aromatic N) is 1. The molecule has 0 saturated carbocycles. The Bertz CT molecular complexity index is 692. The van der Waals surface area contributed by atoms with E-state index in [-0.39, 0.29) is 11.9 Å². The maximum absolute atomic E-state index is 12.8. The van der Waals surface area contributed by atoms with Gasteiger partial charge in [-0.2, -0.15) is 0 Å². The number of thiophene rings is 1. The molecule has 3 rings (SSSR count). The molecule has 0 fully saturated rings. The Kier molecular flexibility index (Phi) is 4.83. The number of fused-ring (bicyclic) bond motifs is 1. The Labute approximate surface area is 142 Å². The Morgan fingerprint density at radius 3 is 2.83 bits per heavy atom. The molecule has 0 unspecified atom stereocenters. The van der Waals surface area contributed by atoms with E-state index in [1.165, 1.54) is 21.6 Å². The van der Waals surface area contributed by atoms with E-state index >= 15 is 0 Å². The second-order valence-electron chi connectivity index (χ2n) is 6.58. The molecule has 3 nitrogen and oxygen atoms in total. The number of quaternary nitrogens is 1. The zero-order valence-corrected chi connectivity index (χ0v) is 14.9. The van der Waals surface area contributed by atoms with Crippen LogP contribution in [0.2, 0.25) is 0 Å². The van der Waals surface area contributed by atoms with Crippen LogP contribution >= 0.6 is 11.3 Å². The van der Waals surface area contributed by atoms with Gasteiger partial charge in [0, 0.05) is 11.4 Å². The average Bonchev–Trinajstić information content (AvgIpc) is 3.01. The third kappa shape index (κ3) is 3.33. The second-order valence-corrected chi connectivity index (χ2v) is 7.58. The summed E-state index contributed by atoms with van der Waals surface area (Å²) in [5.74, 6) is 0.240. The molecular formula is C19H25N2OS+. The van der Waals surface area contributed by atoms with Crippen LogP contribution in [0.4, 0.5) is 0 Å². The molecule has 122 valence electrons. The van der Waals surface area contributed by atoms with Crippen LogP contribution in [0.5, 0.6) is 0 Å². The molecule has 0 aliphatic carbocycles. The van der Waals surface area contributed by atoms with E-state index in [2.05, 4.69) is 66.7 Å². The number of carbonyl (C=O) groups excluding carboxylic acids is 1. The number of benzene rings is 1. The SMILES string of the molecule is Cc1ccccc1[C@H]1c2ccsc2CCN1C(=O)C[NH2+]C(C)C. The third-order valence-electron chi connectivity index (χ3n) is 4.53. The van der Waals surface area contributed by atoms with Crippen LogP contribution in [0.25, 0.3) is 0 Å². The molecule has 1 aromatic heterocycles. The lowest BCUT2D eigenvalue weighted by molar-refractivity contribution is -0.673. The van der Waals surface area contributed by atoms with Crippen LogP contribution in [0.3, 0.4) is 0 Å². The fourth-order valence-corrected chi connectivity index (χ4v) is 4.17. The maximum atomic E-state index is 12.8. The van der Waals surface area contributed by atoms with Crippen molar-refractivity contribution >= 4 is 17.2 Å². The summed E-state index contributed by atoms with van der Waals surface area (Å²) in [5.41, 5.74) is 3.82. The molecule has 1 aromatic carbocycles. The van der Waals surface area contributed by atoms with Crippen molar-refractivity contribution in [3.05, 3.63) is 57.3 Å². The molecular weight excluding hydrogens is 304 g/mol. The van der Waals surface area contributed by atoms with Crippen LogP contribution in [-0.4, -0.2) is 29.9 Å². The zero-order chi connectivity index (χ0) is 16.4. The van der Waals surface area contributed by atoms with E-state index in [9.17, 15) is 4.79 Å². The highest BCUT2D eigenvalue weighted by Gasteiger charge is 2.33. The van der Waals surface area contributed by atoms with Gasteiger partial charge in [0.25, 0.3) is 5.91 Å². The van der Waals surface area contributed by atoms with Gasteiger partial charge < -0.3 is 10.2 Å². The minimum Gasteiger partial charge on any atom is -0.336 e. The van der Waals surface area contributed by atoms with Gasteiger partial charge in [-0.25, -0.2) is 0 Å². The summed E-state index contributed by atoms with van der Waals surface area (Å²) in [6.07, 6.45) is 0.975. The number of amides is 1. The molecule has 2 heterocycles. The summed E-state index contributed by atoms with van der Waals surface area (Å²) >= 11 is 1.82. The topological polar surface area (TPSA) is 36.9 Å². The molecule has 4 heteroatoms. The van der Waals surface area contributed by atoms with E-state index in [4.69, 9.17) is 0 Å². The molecule has 2 N–H and O–H groups in total. The number of aryl methyl sites for hydroxylation is 1. The molecule has 0 bridgehead atoms. The van der Waals surface area contributed by atoms with E-state index in [1.54, 1.807) is 0 Å². The predicted octanol–water partition coefficient (Wildman–Crippen LogP) is 2.50. The molecule has 0 radical (unpaired) electrons. The van der Waals surface area contributed by atoms with Crippen molar-refractivity contribution in [1.29, 1.82) is 0 Å². The second kappa shape index (κ2) is 6.85. The normalized spacial score (nSPS) is 17.4. The summed E-state index contributed by atoms with van der Waals surface area (Å²) in [6, 6.07) is 11.2. The van der Waals surface area contributed by atoms with Gasteiger partial charge in [-0.05, 0) is 55.3 Å². The first kappa shape index (κ1) is 16.2. The van der Waals surface area contributed by atoms with Crippen molar-refractivity contribution in [2.45, 2.75) is 39.3 Å². The fourth-order valence-electron chi connectivity index (χ4n) is 3.27. The lowest BCUT2D eigenvalue weighted by Crippen LogP contribution is -2.90. The smallest absolute Gasteiger partial charge is 0.278 e. The van der Waals surface area contributed by atoms with Crippen molar-refractivity contribution in [2.24, 2.45) is 0 Å². The number of rotatable bonds is 4. The Morgan fingerprint density at radius 1 is 1.30 bits per heavy atom. The van der Waals surface area contributed by atoms with E-state index in [1.807, 2.05) is 11.3 Å². The Morgan fingerprint density at radius 2 is 2.09 bits per heavy atom. The summed E-state index contributed by atoms with van der Waals surface area (Å²) in [4.78, 5) is 16.3. The van der Waals surface area contributed by atoms with Gasteiger partial charge in [-0.3, -0.25) is 4.79 Å². The summed E-state index contributed by atoms with van der Waals surface area (Å²) < 4.78 is 0. The molecule has 23 heavy (non-hydrogen) atoms. The highest BCUT2D eigenvalue weighted by molar-refractivity contribution is 7.10. The molecule has 1 aliphatic heterocycles. The number of carbonyl (C=O) groups is 1. The highest BCUT2D eigenvalue weighted by atomic mass is 32.1. The molecule has 0 saturated heterocycles. The van der Waals surface area contributed by atoms with Gasteiger partial charge in [-0.1, -0.05) is 24.3 Å². The van der Waals surface area contributed by atoms with Gasteiger partial charge >= 0.3 is 0 Å². The number of hydrogen-bond donors (Lipinski definition) is 1. The zero-order valence-electron chi connectivity index (χ0n) is 14.1. The minimum atomic E-state index is 0.0688. The molecule has 0 spiro atoms. The number of nitrogens with two attached hydrogens (primary N) is 1. The third-order valence-corrected chi connectivity index (χ3v) is 5.53.